The molecule has 0 aromatic heterocycles. The smallest absolute Gasteiger partial charge is 0.327 e. The van der Waals surface area contributed by atoms with Gasteiger partial charge in [-0.05, 0) is 51.2 Å². The van der Waals surface area contributed by atoms with Crippen LogP contribution >= 0.6 is 0 Å². The van der Waals surface area contributed by atoms with Gasteiger partial charge in [-0.25, -0.2) is 8.42 Å². The van der Waals surface area contributed by atoms with Gasteiger partial charge in [0.1, 0.15) is 0 Å². The zero-order chi connectivity index (χ0) is 20.0. The largest absolute Gasteiger partial charge is 0.465 e. The zero-order valence-corrected chi connectivity index (χ0v) is 17.3. The van der Waals surface area contributed by atoms with Gasteiger partial charge in [-0.15, -0.1) is 0 Å². The lowest BCUT2D eigenvalue weighted by atomic mass is 10.0. The lowest BCUT2D eigenvalue weighted by Crippen LogP contribution is -2.48. The van der Waals surface area contributed by atoms with E-state index in [0.29, 0.717) is 6.42 Å². The summed E-state index contributed by atoms with van der Waals surface area (Å²) >= 11 is 0. The average molecular weight is 399 g/mol. The number of benzene rings is 1. The molecule has 1 aromatic rings. The van der Waals surface area contributed by atoms with Crippen LogP contribution in [0.25, 0.3) is 0 Å². The molecule has 152 valence electrons. The first-order valence-corrected chi connectivity index (χ1v) is 11.1. The second-order valence-electron chi connectivity index (χ2n) is 7.18. The molecular weight excluding hydrogens is 368 g/mol. The minimum atomic E-state index is -3.99. The summed E-state index contributed by atoms with van der Waals surface area (Å²) in [7, 11) is -3.99. The predicted octanol–water partition coefficient (Wildman–Crippen LogP) is 3.35. The summed E-state index contributed by atoms with van der Waals surface area (Å²) in [6.45, 7) is 7.39. The van der Waals surface area contributed by atoms with Crippen LogP contribution < -0.4 is 0 Å². The SMILES string of the molecule is CCOC(=O)C([C@H](O[C@@H]1CCC[C@H](C)O1)C(C)C)S(=O)(=O)c1ccccc1. The van der Waals surface area contributed by atoms with E-state index in [-0.39, 0.29) is 23.5 Å². The molecule has 27 heavy (non-hydrogen) atoms. The number of rotatable bonds is 8. The van der Waals surface area contributed by atoms with Gasteiger partial charge in [-0.1, -0.05) is 32.0 Å². The molecule has 2 rings (SSSR count). The number of ether oxygens (including phenoxy) is 3. The van der Waals surface area contributed by atoms with Gasteiger partial charge >= 0.3 is 5.97 Å². The monoisotopic (exact) mass is 398 g/mol. The summed E-state index contributed by atoms with van der Waals surface area (Å²) in [4.78, 5) is 12.8. The van der Waals surface area contributed by atoms with Crippen LogP contribution in [0.3, 0.4) is 0 Å². The van der Waals surface area contributed by atoms with Gasteiger partial charge in [0.15, 0.2) is 21.4 Å². The molecule has 6 nitrogen and oxygen atoms in total. The van der Waals surface area contributed by atoms with Crippen LogP contribution in [-0.4, -0.2) is 44.7 Å². The quantitative estimate of drug-likeness (QED) is 0.625. The van der Waals surface area contributed by atoms with Crippen molar-refractivity contribution in [3.63, 3.8) is 0 Å². The number of esters is 1. The van der Waals surface area contributed by atoms with Crippen molar-refractivity contribution in [3.05, 3.63) is 30.3 Å². The Morgan fingerprint density at radius 3 is 2.44 bits per heavy atom. The molecule has 1 unspecified atom stereocenters. The van der Waals surface area contributed by atoms with Crippen molar-refractivity contribution in [2.45, 2.75) is 75.6 Å². The van der Waals surface area contributed by atoms with Crippen LogP contribution in [0.15, 0.2) is 35.2 Å². The van der Waals surface area contributed by atoms with E-state index in [9.17, 15) is 13.2 Å². The first-order chi connectivity index (χ1) is 12.8. The lowest BCUT2D eigenvalue weighted by molar-refractivity contribution is -0.219. The summed E-state index contributed by atoms with van der Waals surface area (Å²) < 4.78 is 43.5. The Balaban J connectivity index is 2.38. The Labute approximate surface area is 162 Å². The molecule has 1 aliphatic heterocycles. The minimum Gasteiger partial charge on any atom is -0.465 e. The number of hydrogen-bond donors (Lipinski definition) is 0. The predicted molar refractivity (Wildman–Crippen MR) is 102 cm³/mol. The number of carbonyl (C=O) groups excluding carboxylic acids is 1. The number of sulfone groups is 1. The van der Waals surface area contributed by atoms with Gasteiger partial charge in [0.05, 0.1) is 23.7 Å². The Hall–Kier alpha value is -1.44. The van der Waals surface area contributed by atoms with Crippen molar-refractivity contribution >= 4 is 15.8 Å². The van der Waals surface area contributed by atoms with Gasteiger partial charge in [0.2, 0.25) is 0 Å². The highest BCUT2D eigenvalue weighted by atomic mass is 32.2. The van der Waals surface area contributed by atoms with Crippen LogP contribution in [0.2, 0.25) is 0 Å². The molecular formula is C20H30O6S. The Kier molecular flexibility index (Phi) is 7.82. The molecule has 0 radical (unpaired) electrons. The normalized spacial score (nSPS) is 23.0. The molecule has 0 spiro atoms. The second-order valence-corrected chi connectivity index (χ2v) is 9.25. The van der Waals surface area contributed by atoms with Crippen LogP contribution in [0, 0.1) is 5.92 Å². The molecule has 0 amide bonds. The fraction of sp³-hybridized carbons (Fsp3) is 0.650. The van der Waals surface area contributed by atoms with Crippen molar-refractivity contribution in [1.82, 2.24) is 0 Å². The van der Waals surface area contributed by atoms with Crippen LogP contribution in [-0.2, 0) is 28.8 Å². The van der Waals surface area contributed by atoms with Gasteiger partial charge in [0.25, 0.3) is 0 Å². The Morgan fingerprint density at radius 2 is 1.89 bits per heavy atom. The van der Waals surface area contributed by atoms with Crippen LogP contribution in [0.4, 0.5) is 0 Å². The average Bonchev–Trinajstić information content (AvgIpc) is 2.62. The van der Waals surface area contributed by atoms with E-state index in [2.05, 4.69) is 0 Å². The molecule has 1 aromatic carbocycles. The summed E-state index contributed by atoms with van der Waals surface area (Å²) in [5.74, 6) is -1.01. The van der Waals surface area contributed by atoms with Crippen molar-refractivity contribution < 1.29 is 27.4 Å². The van der Waals surface area contributed by atoms with E-state index in [0.717, 1.165) is 12.8 Å². The van der Waals surface area contributed by atoms with E-state index in [1.54, 1.807) is 25.1 Å². The summed E-state index contributed by atoms with van der Waals surface area (Å²) in [6.07, 6.45) is 1.20. The fourth-order valence-corrected chi connectivity index (χ4v) is 5.12. The standard InChI is InChI=1S/C20H30O6S/c1-5-24-20(21)19(27(22,23)16-11-7-6-8-12-16)18(14(2)3)26-17-13-9-10-15(4)25-17/h6-8,11-12,14-15,17-19H,5,9-10,13H2,1-4H3/t15-,17+,18+,19?/m0/s1. The van der Waals surface area contributed by atoms with Crippen molar-refractivity contribution in [2.75, 3.05) is 6.61 Å². The second kappa shape index (κ2) is 9.66. The Morgan fingerprint density at radius 1 is 1.22 bits per heavy atom. The molecule has 1 fully saturated rings. The van der Waals surface area contributed by atoms with Gasteiger partial charge in [-0.2, -0.15) is 0 Å². The summed E-state index contributed by atoms with van der Waals surface area (Å²) in [6, 6.07) is 7.96. The maximum absolute atomic E-state index is 13.3. The summed E-state index contributed by atoms with van der Waals surface area (Å²) in [5, 5.41) is -1.44. The maximum atomic E-state index is 13.3. The topological polar surface area (TPSA) is 78.9 Å². The van der Waals surface area contributed by atoms with Crippen molar-refractivity contribution in [1.29, 1.82) is 0 Å². The van der Waals surface area contributed by atoms with Crippen LogP contribution in [0.5, 0.6) is 0 Å². The first-order valence-electron chi connectivity index (χ1n) is 9.53. The molecule has 1 heterocycles. The molecule has 1 saturated heterocycles. The highest BCUT2D eigenvalue weighted by Crippen LogP contribution is 2.29. The van der Waals surface area contributed by atoms with Gasteiger partial charge in [-0.3, -0.25) is 4.79 Å². The third kappa shape index (κ3) is 5.53. The van der Waals surface area contributed by atoms with Gasteiger partial charge < -0.3 is 14.2 Å². The van der Waals surface area contributed by atoms with E-state index in [4.69, 9.17) is 14.2 Å². The third-order valence-electron chi connectivity index (χ3n) is 4.62. The van der Waals surface area contributed by atoms with Crippen LogP contribution in [0.1, 0.15) is 47.0 Å². The van der Waals surface area contributed by atoms with E-state index in [1.165, 1.54) is 12.1 Å². The van der Waals surface area contributed by atoms with Gasteiger partial charge in [0, 0.05) is 0 Å². The highest BCUT2D eigenvalue weighted by Gasteiger charge is 2.45. The van der Waals surface area contributed by atoms with Crippen molar-refractivity contribution in [3.8, 4) is 0 Å². The minimum absolute atomic E-state index is 0.0448. The first kappa shape index (κ1) is 21.9. The molecule has 1 aliphatic rings. The highest BCUT2D eigenvalue weighted by molar-refractivity contribution is 7.92. The number of hydrogen-bond acceptors (Lipinski definition) is 6. The molecule has 4 atom stereocenters. The Bertz CT molecular complexity index is 700. The van der Waals surface area contributed by atoms with E-state index < -0.39 is 33.5 Å². The fourth-order valence-electron chi connectivity index (χ4n) is 3.24. The zero-order valence-electron chi connectivity index (χ0n) is 16.5. The van der Waals surface area contributed by atoms with Crippen molar-refractivity contribution in [2.24, 2.45) is 5.92 Å². The molecule has 0 aliphatic carbocycles. The summed E-state index contributed by atoms with van der Waals surface area (Å²) in [5.41, 5.74) is 0. The molecule has 0 bridgehead atoms. The van der Waals surface area contributed by atoms with E-state index >= 15 is 0 Å². The molecule has 7 heteroatoms. The third-order valence-corrected chi connectivity index (χ3v) is 6.68. The number of carbonyl (C=O) groups is 1. The van der Waals surface area contributed by atoms with E-state index in [1.807, 2.05) is 20.8 Å². The maximum Gasteiger partial charge on any atom is 0.327 e. The molecule has 0 N–H and O–H groups in total. The lowest BCUT2D eigenvalue weighted by Gasteiger charge is -2.35. The molecule has 0 saturated carbocycles.